The van der Waals surface area contributed by atoms with E-state index in [1.807, 2.05) is 6.92 Å². The highest BCUT2D eigenvalue weighted by molar-refractivity contribution is 5.80. The fourth-order valence-electron chi connectivity index (χ4n) is 3.07. The van der Waals surface area contributed by atoms with Gasteiger partial charge in [-0.05, 0) is 31.7 Å². The van der Waals surface area contributed by atoms with Crippen molar-refractivity contribution < 1.29 is 18.0 Å². The van der Waals surface area contributed by atoms with Gasteiger partial charge in [0.15, 0.2) is 5.96 Å². The molecule has 1 aliphatic heterocycles. The Hall–Kier alpha value is -2.59. The molecule has 1 atom stereocenters. The van der Waals surface area contributed by atoms with Crippen LogP contribution >= 0.6 is 0 Å². The topological polar surface area (TPSA) is 109 Å². The summed E-state index contributed by atoms with van der Waals surface area (Å²) in [6.45, 7) is 4.77. The van der Waals surface area contributed by atoms with E-state index < -0.39 is 11.9 Å². The zero-order valence-corrected chi connectivity index (χ0v) is 15.8. The van der Waals surface area contributed by atoms with E-state index in [0.717, 1.165) is 31.6 Å². The molecule has 0 saturated carbocycles. The van der Waals surface area contributed by atoms with Crippen molar-refractivity contribution >= 4 is 17.8 Å². The summed E-state index contributed by atoms with van der Waals surface area (Å²) < 4.78 is 38.0. The van der Waals surface area contributed by atoms with E-state index >= 15 is 0 Å². The third-order valence-electron chi connectivity index (χ3n) is 4.25. The summed E-state index contributed by atoms with van der Waals surface area (Å²) in [6, 6.07) is 0.825. The quantitative estimate of drug-likeness (QED) is 0.363. The molecule has 0 bridgehead atoms. The first-order valence-corrected chi connectivity index (χ1v) is 9.25. The van der Waals surface area contributed by atoms with Crippen LogP contribution in [0.25, 0.3) is 0 Å². The lowest BCUT2D eigenvalue weighted by Gasteiger charge is -2.34. The summed E-state index contributed by atoms with van der Waals surface area (Å²) >= 11 is 0. The van der Waals surface area contributed by atoms with Gasteiger partial charge in [-0.2, -0.15) is 13.2 Å². The number of guanidine groups is 1. The van der Waals surface area contributed by atoms with Crippen LogP contribution < -0.4 is 16.4 Å². The van der Waals surface area contributed by atoms with Crippen LogP contribution in [0, 0.1) is 5.92 Å². The third-order valence-corrected chi connectivity index (χ3v) is 4.25. The van der Waals surface area contributed by atoms with Crippen LogP contribution in [0.5, 0.6) is 0 Å². The summed E-state index contributed by atoms with van der Waals surface area (Å²) in [4.78, 5) is 25.0. The summed E-state index contributed by atoms with van der Waals surface area (Å²) in [5.41, 5.74) is 4.31. The minimum Gasteiger partial charge on any atom is -0.370 e. The lowest BCUT2D eigenvalue weighted by atomic mass is 9.95. The number of nitrogens with zero attached hydrogens (tertiary/aromatic N) is 4. The molecule has 0 radical (unpaired) electrons. The first kappa shape index (κ1) is 21.7. The van der Waals surface area contributed by atoms with E-state index in [0.29, 0.717) is 32.0 Å². The number of nitrogens with two attached hydrogens (primary N) is 1. The molecule has 0 spiro atoms. The number of hydrogen-bond donors (Lipinski definition) is 3. The average Bonchev–Trinajstić information content (AvgIpc) is 2.63. The number of halogens is 3. The number of piperidine rings is 1. The summed E-state index contributed by atoms with van der Waals surface area (Å²) in [6.07, 6.45) is -1.19. The number of hydrogen-bond acceptors (Lipinski definition) is 5. The van der Waals surface area contributed by atoms with Gasteiger partial charge in [0.25, 0.3) is 0 Å². The fraction of sp³-hybridized carbons (Fsp3) is 0.647. The first-order valence-electron chi connectivity index (χ1n) is 9.25. The van der Waals surface area contributed by atoms with E-state index in [-0.39, 0.29) is 24.3 Å². The minimum absolute atomic E-state index is 0.0884. The minimum atomic E-state index is -4.51. The lowest BCUT2D eigenvalue weighted by molar-refractivity contribution is -0.141. The predicted octanol–water partition coefficient (Wildman–Crippen LogP) is 1.46. The molecular weight excluding hydrogens is 375 g/mol. The van der Waals surface area contributed by atoms with Gasteiger partial charge in [-0.25, -0.2) is 9.97 Å². The second kappa shape index (κ2) is 10.1. The number of alkyl halides is 3. The Morgan fingerprint density at radius 3 is 2.93 bits per heavy atom. The fourth-order valence-corrected chi connectivity index (χ4v) is 3.07. The number of carbonyl (C=O) groups is 1. The molecule has 0 aliphatic carbocycles. The molecule has 28 heavy (non-hydrogen) atoms. The highest BCUT2D eigenvalue weighted by Gasteiger charge is 2.32. The van der Waals surface area contributed by atoms with Gasteiger partial charge in [0, 0.05) is 38.8 Å². The smallest absolute Gasteiger partial charge is 0.370 e. The Balaban J connectivity index is 1.91. The van der Waals surface area contributed by atoms with Crippen molar-refractivity contribution in [3.8, 4) is 0 Å². The van der Waals surface area contributed by atoms with Crippen LogP contribution in [-0.4, -0.2) is 59.5 Å². The molecule has 8 nitrogen and oxygen atoms in total. The van der Waals surface area contributed by atoms with E-state index in [1.165, 1.54) is 0 Å². The molecule has 2 rings (SSSR count). The van der Waals surface area contributed by atoms with E-state index in [1.54, 1.807) is 0 Å². The number of amides is 1. The maximum absolute atomic E-state index is 12.7. The van der Waals surface area contributed by atoms with Gasteiger partial charge >= 0.3 is 6.18 Å². The number of primary amides is 1. The van der Waals surface area contributed by atoms with Gasteiger partial charge in [0.2, 0.25) is 11.9 Å². The molecule has 4 N–H and O–H groups in total. The lowest BCUT2D eigenvalue weighted by Crippen LogP contribution is -2.47. The van der Waals surface area contributed by atoms with Crippen molar-refractivity contribution in [1.82, 2.24) is 20.2 Å². The Labute approximate surface area is 161 Å². The third kappa shape index (κ3) is 6.86. The maximum Gasteiger partial charge on any atom is 0.433 e. The highest BCUT2D eigenvalue weighted by atomic mass is 19.4. The number of rotatable bonds is 7. The Kier molecular flexibility index (Phi) is 7.82. The van der Waals surface area contributed by atoms with Gasteiger partial charge in [-0.3, -0.25) is 9.79 Å². The largest absolute Gasteiger partial charge is 0.433 e. The number of aliphatic imine (C=N–C) groups is 1. The summed E-state index contributed by atoms with van der Waals surface area (Å²) in [5.74, 6) is 0.517. The molecule has 1 fully saturated rings. The summed E-state index contributed by atoms with van der Waals surface area (Å²) in [5, 5.41) is 5.96. The van der Waals surface area contributed by atoms with Crippen LogP contribution in [-0.2, 0) is 11.0 Å². The van der Waals surface area contributed by atoms with E-state index in [2.05, 4.69) is 30.5 Å². The molecule has 1 aromatic heterocycles. The average molecular weight is 401 g/mol. The Morgan fingerprint density at radius 1 is 1.46 bits per heavy atom. The first-order chi connectivity index (χ1) is 13.3. The van der Waals surface area contributed by atoms with Gasteiger partial charge in [-0.1, -0.05) is 0 Å². The zero-order valence-electron chi connectivity index (χ0n) is 15.8. The number of anilines is 1. The molecule has 156 valence electrons. The van der Waals surface area contributed by atoms with Crippen LogP contribution in [0.4, 0.5) is 19.1 Å². The second-order valence-electron chi connectivity index (χ2n) is 6.55. The van der Waals surface area contributed by atoms with Crippen LogP contribution in [0.15, 0.2) is 17.3 Å². The molecule has 0 aromatic carbocycles. The number of aromatic nitrogens is 2. The summed E-state index contributed by atoms with van der Waals surface area (Å²) in [7, 11) is 0. The SMILES string of the molecule is CCNC(=NCCNc1nccc(C(F)(F)F)n1)N1CCCC(CC(N)=O)C1. The second-order valence-corrected chi connectivity index (χ2v) is 6.55. The van der Waals surface area contributed by atoms with Gasteiger partial charge in [0.1, 0.15) is 5.69 Å². The highest BCUT2D eigenvalue weighted by Crippen LogP contribution is 2.27. The van der Waals surface area contributed by atoms with Crippen LogP contribution in [0.3, 0.4) is 0 Å². The van der Waals surface area contributed by atoms with Crippen LogP contribution in [0.2, 0.25) is 0 Å². The van der Waals surface area contributed by atoms with Crippen LogP contribution in [0.1, 0.15) is 31.9 Å². The number of likely N-dealkylation sites (tertiary alicyclic amines) is 1. The van der Waals surface area contributed by atoms with E-state index in [4.69, 9.17) is 5.73 Å². The van der Waals surface area contributed by atoms with Gasteiger partial charge in [0.05, 0.1) is 6.54 Å². The molecule has 1 saturated heterocycles. The Bertz CT molecular complexity index is 681. The van der Waals surface area contributed by atoms with E-state index in [9.17, 15) is 18.0 Å². The molecule has 1 amide bonds. The molecule has 1 unspecified atom stereocenters. The molecular formula is C17H26F3N7O. The van der Waals surface area contributed by atoms with Crippen molar-refractivity contribution in [3.05, 3.63) is 18.0 Å². The van der Waals surface area contributed by atoms with Gasteiger partial charge < -0.3 is 21.3 Å². The molecule has 1 aliphatic rings. The number of carbonyl (C=O) groups excluding carboxylic acids is 1. The zero-order chi connectivity index (χ0) is 20.6. The van der Waals surface area contributed by atoms with Crippen molar-refractivity contribution in [1.29, 1.82) is 0 Å². The maximum atomic E-state index is 12.7. The Morgan fingerprint density at radius 2 is 2.25 bits per heavy atom. The van der Waals surface area contributed by atoms with Crippen molar-refractivity contribution in [2.45, 2.75) is 32.4 Å². The predicted molar refractivity (Wildman–Crippen MR) is 99.6 cm³/mol. The molecule has 11 heteroatoms. The normalized spacial score (nSPS) is 18.1. The molecule has 2 heterocycles. The number of nitrogens with one attached hydrogen (secondary N) is 2. The monoisotopic (exact) mass is 401 g/mol. The molecule has 1 aromatic rings. The van der Waals surface area contributed by atoms with Crippen molar-refractivity contribution in [2.75, 3.05) is 38.0 Å². The van der Waals surface area contributed by atoms with Crippen molar-refractivity contribution in [2.24, 2.45) is 16.6 Å². The van der Waals surface area contributed by atoms with Gasteiger partial charge in [-0.15, -0.1) is 0 Å². The van der Waals surface area contributed by atoms with Crippen molar-refractivity contribution in [3.63, 3.8) is 0 Å². The standard InChI is InChI=1S/C17H26F3N7O/c1-2-22-16(27-9-3-4-12(11-27)10-14(21)28)25-8-7-24-15-23-6-5-13(26-15)17(18,19)20/h5-6,12H,2-4,7-11H2,1H3,(H2,21,28)(H,22,25)(H,23,24,26).